The molecule has 0 aliphatic carbocycles. The first-order chi connectivity index (χ1) is 8.53. The van der Waals surface area contributed by atoms with Crippen LogP contribution in [0.2, 0.25) is 5.02 Å². The smallest absolute Gasteiger partial charge is 0.0624 e. The molecule has 18 heavy (non-hydrogen) atoms. The Kier molecular flexibility index (Phi) is 3.82. The highest BCUT2D eigenvalue weighted by Gasteiger charge is 2.35. The largest absolute Gasteiger partial charge is 0.371 e. The molecule has 0 amide bonds. The molecule has 0 spiro atoms. The van der Waals surface area contributed by atoms with Crippen LogP contribution < -0.4 is 4.90 Å². The summed E-state index contributed by atoms with van der Waals surface area (Å²) in [6.07, 6.45) is 1.74. The van der Waals surface area contributed by atoms with Gasteiger partial charge in [0.25, 0.3) is 0 Å². The number of rotatable bonds is 2. The lowest BCUT2D eigenvalue weighted by Gasteiger charge is -2.44. The van der Waals surface area contributed by atoms with Gasteiger partial charge in [0.2, 0.25) is 0 Å². The molecule has 0 radical (unpaired) electrons. The fourth-order valence-corrected chi connectivity index (χ4v) is 2.97. The van der Waals surface area contributed by atoms with Crippen LogP contribution in [0.3, 0.4) is 0 Å². The maximum Gasteiger partial charge on any atom is 0.0624 e. The first-order valence-electron chi connectivity index (χ1n) is 6.40. The van der Waals surface area contributed by atoms with Crippen molar-refractivity contribution in [2.45, 2.75) is 26.7 Å². The maximum atomic E-state index is 8.89. The van der Waals surface area contributed by atoms with E-state index in [1.807, 2.05) is 18.2 Å². The molecule has 1 fully saturated rings. The van der Waals surface area contributed by atoms with Gasteiger partial charge in [0.05, 0.1) is 6.07 Å². The predicted octanol–water partition coefficient (Wildman–Crippen LogP) is 4.11. The SMILES string of the molecule is CC1(C)CN(c2cccc(Cl)c2)CCC1CC#N. The van der Waals surface area contributed by atoms with E-state index < -0.39 is 0 Å². The van der Waals surface area contributed by atoms with E-state index in [9.17, 15) is 0 Å². The zero-order valence-electron chi connectivity index (χ0n) is 11.0. The van der Waals surface area contributed by atoms with Crippen molar-refractivity contribution < 1.29 is 0 Å². The summed E-state index contributed by atoms with van der Waals surface area (Å²) in [5, 5.41) is 9.67. The van der Waals surface area contributed by atoms with Crippen LogP contribution in [0.1, 0.15) is 26.7 Å². The Morgan fingerprint density at radius 1 is 1.50 bits per heavy atom. The average molecular weight is 263 g/mol. The molecule has 0 bridgehead atoms. The van der Waals surface area contributed by atoms with Crippen LogP contribution in [0.5, 0.6) is 0 Å². The monoisotopic (exact) mass is 262 g/mol. The predicted molar refractivity (Wildman–Crippen MR) is 75.8 cm³/mol. The fourth-order valence-electron chi connectivity index (χ4n) is 2.78. The molecule has 1 aliphatic rings. The van der Waals surface area contributed by atoms with E-state index in [2.05, 4.69) is 30.9 Å². The summed E-state index contributed by atoms with van der Waals surface area (Å²) >= 11 is 6.04. The summed E-state index contributed by atoms with van der Waals surface area (Å²) in [4.78, 5) is 2.37. The van der Waals surface area contributed by atoms with Gasteiger partial charge in [-0.1, -0.05) is 31.5 Å². The number of hydrogen-bond acceptors (Lipinski definition) is 2. The van der Waals surface area contributed by atoms with Gasteiger partial charge in [0, 0.05) is 30.2 Å². The molecule has 0 aromatic heterocycles. The Bertz CT molecular complexity index is 462. The minimum atomic E-state index is 0.177. The van der Waals surface area contributed by atoms with E-state index in [4.69, 9.17) is 16.9 Å². The number of anilines is 1. The van der Waals surface area contributed by atoms with Gasteiger partial charge in [-0.25, -0.2) is 0 Å². The molecule has 1 aliphatic heterocycles. The second-order valence-electron chi connectivity index (χ2n) is 5.74. The van der Waals surface area contributed by atoms with Crippen LogP contribution in [0.4, 0.5) is 5.69 Å². The van der Waals surface area contributed by atoms with Gasteiger partial charge in [-0.15, -0.1) is 0 Å². The first kappa shape index (κ1) is 13.2. The van der Waals surface area contributed by atoms with Gasteiger partial charge < -0.3 is 4.90 Å². The van der Waals surface area contributed by atoms with Gasteiger partial charge in [-0.05, 0) is 36.0 Å². The highest BCUT2D eigenvalue weighted by atomic mass is 35.5. The Morgan fingerprint density at radius 3 is 2.89 bits per heavy atom. The van der Waals surface area contributed by atoms with Crippen molar-refractivity contribution in [1.82, 2.24) is 0 Å². The minimum Gasteiger partial charge on any atom is -0.371 e. The zero-order chi connectivity index (χ0) is 13.2. The van der Waals surface area contributed by atoms with Crippen LogP contribution in [0, 0.1) is 22.7 Å². The summed E-state index contributed by atoms with van der Waals surface area (Å²) in [7, 11) is 0. The minimum absolute atomic E-state index is 0.177. The summed E-state index contributed by atoms with van der Waals surface area (Å²) < 4.78 is 0. The van der Waals surface area contributed by atoms with Gasteiger partial charge in [-0.3, -0.25) is 0 Å². The lowest BCUT2D eigenvalue weighted by atomic mass is 9.72. The molecule has 1 atom stereocenters. The van der Waals surface area contributed by atoms with E-state index in [1.54, 1.807) is 0 Å². The van der Waals surface area contributed by atoms with Crippen LogP contribution in [-0.4, -0.2) is 13.1 Å². The second kappa shape index (κ2) is 5.20. The summed E-state index contributed by atoms with van der Waals surface area (Å²) in [6.45, 7) is 6.51. The standard InChI is InChI=1S/C15H19ClN2/c1-15(2)11-18(9-7-12(15)6-8-17)14-5-3-4-13(16)10-14/h3-5,10,12H,6-7,9,11H2,1-2H3. The van der Waals surface area contributed by atoms with Crippen LogP contribution in [0.25, 0.3) is 0 Å². The molecule has 2 rings (SSSR count). The normalized spacial score (nSPS) is 22.6. The molecular formula is C15H19ClN2. The van der Waals surface area contributed by atoms with Crippen LogP contribution in [0.15, 0.2) is 24.3 Å². The number of nitriles is 1. The van der Waals surface area contributed by atoms with Gasteiger partial charge >= 0.3 is 0 Å². The molecular weight excluding hydrogens is 244 g/mol. The number of hydrogen-bond donors (Lipinski definition) is 0. The van der Waals surface area contributed by atoms with Crippen molar-refractivity contribution >= 4 is 17.3 Å². The molecule has 1 heterocycles. The summed E-state index contributed by atoms with van der Waals surface area (Å²) in [5.41, 5.74) is 1.36. The van der Waals surface area contributed by atoms with E-state index in [-0.39, 0.29) is 5.41 Å². The van der Waals surface area contributed by atoms with Crippen molar-refractivity contribution in [1.29, 1.82) is 5.26 Å². The number of benzene rings is 1. The molecule has 0 N–H and O–H groups in total. The van der Waals surface area contributed by atoms with Crippen molar-refractivity contribution in [3.05, 3.63) is 29.3 Å². The Labute approximate surface area is 114 Å². The van der Waals surface area contributed by atoms with Gasteiger partial charge in [-0.2, -0.15) is 5.26 Å². The quantitative estimate of drug-likeness (QED) is 0.802. The lowest BCUT2D eigenvalue weighted by molar-refractivity contribution is 0.179. The average Bonchev–Trinajstić information content (AvgIpc) is 2.31. The van der Waals surface area contributed by atoms with E-state index >= 15 is 0 Å². The third kappa shape index (κ3) is 2.79. The van der Waals surface area contributed by atoms with Crippen molar-refractivity contribution in [2.75, 3.05) is 18.0 Å². The lowest BCUT2D eigenvalue weighted by Crippen LogP contribution is -2.45. The molecule has 2 nitrogen and oxygen atoms in total. The number of piperidine rings is 1. The Balaban J connectivity index is 2.14. The highest BCUT2D eigenvalue weighted by Crippen LogP contribution is 2.38. The number of halogens is 1. The van der Waals surface area contributed by atoms with Crippen molar-refractivity contribution in [3.63, 3.8) is 0 Å². The molecule has 96 valence electrons. The fraction of sp³-hybridized carbons (Fsp3) is 0.533. The third-order valence-corrected chi connectivity index (χ3v) is 4.20. The maximum absolute atomic E-state index is 8.89. The first-order valence-corrected chi connectivity index (χ1v) is 6.78. The molecule has 1 aromatic rings. The third-order valence-electron chi connectivity index (χ3n) is 3.96. The Hall–Kier alpha value is -1.20. The second-order valence-corrected chi connectivity index (χ2v) is 6.17. The molecule has 0 saturated carbocycles. The topological polar surface area (TPSA) is 27.0 Å². The van der Waals surface area contributed by atoms with Crippen LogP contribution in [-0.2, 0) is 0 Å². The number of nitrogens with zero attached hydrogens (tertiary/aromatic N) is 2. The highest BCUT2D eigenvalue weighted by molar-refractivity contribution is 6.30. The van der Waals surface area contributed by atoms with Crippen molar-refractivity contribution in [3.8, 4) is 6.07 Å². The molecule has 1 aromatic carbocycles. The van der Waals surface area contributed by atoms with Gasteiger partial charge in [0.15, 0.2) is 0 Å². The van der Waals surface area contributed by atoms with E-state index in [0.29, 0.717) is 12.3 Å². The van der Waals surface area contributed by atoms with Crippen molar-refractivity contribution in [2.24, 2.45) is 11.3 Å². The molecule has 1 unspecified atom stereocenters. The summed E-state index contributed by atoms with van der Waals surface area (Å²) in [6, 6.07) is 10.3. The zero-order valence-corrected chi connectivity index (χ0v) is 11.7. The Morgan fingerprint density at radius 2 is 2.28 bits per heavy atom. The molecule has 3 heteroatoms. The van der Waals surface area contributed by atoms with E-state index in [1.165, 1.54) is 5.69 Å². The van der Waals surface area contributed by atoms with Gasteiger partial charge in [0.1, 0.15) is 0 Å². The van der Waals surface area contributed by atoms with Crippen LogP contribution >= 0.6 is 11.6 Å². The molecule has 1 saturated heterocycles. The van der Waals surface area contributed by atoms with E-state index in [0.717, 1.165) is 24.5 Å². The summed E-state index contributed by atoms with van der Waals surface area (Å²) in [5.74, 6) is 0.498.